The molecule has 0 amide bonds. The second-order valence-electron chi connectivity index (χ2n) is 6.49. The van der Waals surface area contributed by atoms with Gasteiger partial charge in [0, 0.05) is 18.5 Å². The number of piperidine rings is 1. The fourth-order valence-corrected chi connectivity index (χ4v) is 3.54. The summed E-state index contributed by atoms with van der Waals surface area (Å²) in [6.45, 7) is 2.30. The van der Waals surface area contributed by atoms with Crippen molar-refractivity contribution in [1.82, 2.24) is 14.9 Å². The summed E-state index contributed by atoms with van der Waals surface area (Å²) >= 11 is 0. The number of aryl methyl sites for hydroxylation is 1. The maximum Gasteiger partial charge on any atom is 0.125 e. The molecular formula is C17H22FN3. The minimum atomic E-state index is -0.187. The molecule has 2 heterocycles. The van der Waals surface area contributed by atoms with E-state index >= 15 is 0 Å². The lowest BCUT2D eigenvalue weighted by Gasteiger charge is -2.22. The molecule has 1 N–H and O–H groups in total. The number of aromatic nitrogens is 2. The van der Waals surface area contributed by atoms with Gasteiger partial charge in [0.1, 0.15) is 11.6 Å². The maximum absolute atomic E-state index is 13.4. The smallest absolute Gasteiger partial charge is 0.125 e. The van der Waals surface area contributed by atoms with Gasteiger partial charge in [0.05, 0.1) is 11.0 Å². The Balaban J connectivity index is 1.59. The number of hydrogen-bond acceptors (Lipinski definition) is 2. The Hall–Kier alpha value is -1.42. The molecule has 1 aliphatic heterocycles. The summed E-state index contributed by atoms with van der Waals surface area (Å²) in [5.74, 6) is 1.79. The normalized spacial score (nSPS) is 20.2. The fourth-order valence-electron chi connectivity index (χ4n) is 3.54. The van der Waals surface area contributed by atoms with Crippen LogP contribution in [0.2, 0.25) is 0 Å². The van der Waals surface area contributed by atoms with Gasteiger partial charge in [0.15, 0.2) is 0 Å². The number of nitrogens with zero attached hydrogens (tertiary/aromatic N) is 2. The largest absolute Gasteiger partial charge is 0.325 e. The van der Waals surface area contributed by atoms with E-state index in [2.05, 4.69) is 9.88 Å². The first-order valence-corrected chi connectivity index (χ1v) is 8.18. The fraction of sp³-hybridized carbons (Fsp3) is 0.588. The third kappa shape index (κ3) is 2.69. The molecule has 3 nitrogen and oxygen atoms in total. The molecule has 1 aliphatic carbocycles. The molecule has 2 aliphatic rings. The molecule has 2 aromatic rings. The van der Waals surface area contributed by atoms with E-state index in [0.717, 1.165) is 42.3 Å². The minimum absolute atomic E-state index is 0.187. The highest BCUT2D eigenvalue weighted by molar-refractivity contribution is 5.76. The van der Waals surface area contributed by atoms with Gasteiger partial charge in [0.25, 0.3) is 0 Å². The molecule has 1 saturated heterocycles. The van der Waals surface area contributed by atoms with E-state index in [1.54, 1.807) is 12.1 Å². The van der Waals surface area contributed by atoms with Crippen LogP contribution in [0.5, 0.6) is 0 Å². The first-order chi connectivity index (χ1) is 10.3. The topological polar surface area (TPSA) is 29.9 Å². The van der Waals surface area contributed by atoms with Gasteiger partial charge in [-0.1, -0.05) is 0 Å². The molecule has 21 heavy (non-hydrogen) atoms. The van der Waals surface area contributed by atoms with Crippen molar-refractivity contribution in [3.63, 3.8) is 0 Å². The summed E-state index contributed by atoms with van der Waals surface area (Å²) in [6.07, 6.45) is 7.26. The molecule has 1 saturated carbocycles. The van der Waals surface area contributed by atoms with Gasteiger partial charge in [-0.05, 0) is 63.2 Å². The molecular weight excluding hydrogens is 265 g/mol. The quantitative estimate of drug-likeness (QED) is 0.933. The number of rotatable bonds is 4. The zero-order valence-electron chi connectivity index (χ0n) is 12.3. The van der Waals surface area contributed by atoms with E-state index < -0.39 is 0 Å². The second kappa shape index (κ2) is 5.41. The van der Waals surface area contributed by atoms with Crippen molar-refractivity contribution in [3.8, 4) is 0 Å². The van der Waals surface area contributed by atoms with E-state index in [0.29, 0.717) is 6.04 Å². The summed E-state index contributed by atoms with van der Waals surface area (Å²) in [6, 6.07) is 5.62. The minimum Gasteiger partial charge on any atom is -0.325 e. The van der Waals surface area contributed by atoms with Gasteiger partial charge in [-0.25, -0.2) is 9.37 Å². The Morgan fingerprint density at radius 3 is 2.76 bits per heavy atom. The number of imidazole rings is 1. The van der Waals surface area contributed by atoms with Gasteiger partial charge >= 0.3 is 0 Å². The zero-order valence-corrected chi connectivity index (χ0v) is 12.3. The lowest BCUT2D eigenvalue weighted by atomic mass is 9.93. The summed E-state index contributed by atoms with van der Waals surface area (Å²) in [5, 5.41) is 3.42. The highest BCUT2D eigenvalue weighted by Crippen LogP contribution is 2.39. The van der Waals surface area contributed by atoms with Crippen LogP contribution in [0.3, 0.4) is 0 Å². The maximum atomic E-state index is 13.4. The predicted octanol–water partition coefficient (Wildman–Crippen LogP) is 3.44. The van der Waals surface area contributed by atoms with Crippen LogP contribution < -0.4 is 5.32 Å². The molecule has 0 radical (unpaired) electrons. The summed E-state index contributed by atoms with van der Waals surface area (Å²) < 4.78 is 15.8. The van der Waals surface area contributed by atoms with Crippen LogP contribution in [-0.2, 0) is 6.42 Å². The standard InChI is InChI=1S/C17H22FN3/c18-13-2-5-16-15(11-13)20-17(21(16)14-3-4-14)6-1-12-7-9-19-10-8-12/h2,5,11-12,14,19H,1,3-4,6-10H2. The van der Waals surface area contributed by atoms with Gasteiger partial charge in [-0.2, -0.15) is 0 Å². The monoisotopic (exact) mass is 287 g/mol. The van der Waals surface area contributed by atoms with E-state index in [1.807, 2.05) is 6.07 Å². The second-order valence-corrected chi connectivity index (χ2v) is 6.49. The van der Waals surface area contributed by atoms with Crippen LogP contribution in [0, 0.1) is 11.7 Å². The van der Waals surface area contributed by atoms with Crippen LogP contribution >= 0.6 is 0 Å². The molecule has 112 valence electrons. The van der Waals surface area contributed by atoms with Gasteiger partial charge in [-0.3, -0.25) is 0 Å². The van der Waals surface area contributed by atoms with E-state index in [9.17, 15) is 4.39 Å². The Kier molecular flexibility index (Phi) is 3.42. The number of hydrogen-bond donors (Lipinski definition) is 1. The van der Waals surface area contributed by atoms with Crippen molar-refractivity contribution < 1.29 is 4.39 Å². The van der Waals surface area contributed by atoms with E-state index in [-0.39, 0.29) is 5.82 Å². The first kappa shape index (κ1) is 13.3. The molecule has 0 unspecified atom stereocenters. The Morgan fingerprint density at radius 1 is 1.19 bits per heavy atom. The van der Waals surface area contributed by atoms with Crippen molar-refractivity contribution in [2.75, 3.05) is 13.1 Å². The van der Waals surface area contributed by atoms with Crippen molar-refractivity contribution in [2.45, 2.75) is 44.6 Å². The third-order valence-electron chi connectivity index (χ3n) is 4.87. The van der Waals surface area contributed by atoms with Crippen molar-refractivity contribution >= 4 is 11.0 Å². The molecule has 0 bridgehead atoms. The summed E-state index contributed by atoms with van der Waals surface area (Å²) in [4.78, 5) is 4.73. The molecule has 4 rings (SSSR count). The van der Waals surface area contributed by atoms with Gasteiger partial charge in [-0.15, -0.1) is 0 Å². The molecule has 4 heteroatoms. The average molecular weight is 287 g/mol. The number of fused-ring (bicyclic) bond motifs is 1. The predicted molar refractivity (Wildman–Crippen MR) is 81.9 cm³/mol. The SMILES string of the molecule is Fc1ccc2c(c1)nc(CCC1CCNCC1)n2C1CC1. The van der Waals surface area contributed by atoms with Crippen LogP contribution in [-0.4, -0.2) is 22.6 Å². The highest BCUT2D eigenvalue weighted by atomic mass is 19.1. The van der Waals surface area contributed by atoms with Crippen LogP contribution in [0.4, 0.5) is 4.39 Å². The van der Waals surface area contributed by atoms with Crippen molar-refractivity contribution in [2.24, 2.45) is 5.92 Å². The molecule has 2 fully saturated rings. The van der Waals surface area contributed by atoms with Crippen molar-refractivity contribution in [1.29, 1.82) is 0 Å². The highest BCUT2D eigenvalue weighted by Gasteiger charge is 2.28. The van der Waals surface area contributed by atoms with Crippen LogP contribution in [0.25, 0.3) is 11.0 Å². The Morgan fingerprint density at radius 2 is 2.00 bits per heavy atom. The van der Waals surface area contributed by atoms with Crippen LogP contribution in [0.1, 0.15) is 44.0 Å². The van der Waals surface area contributed by atoms with Gasteiger partial charge in [0.2, 0.25) is 0 Å². The summed E-state index contributed by atoms with van der Waals surface area (Å²) in [7, 11) is 0. The number of benzene rings is 1. The van der Waals surface area contributed by atoms with Crippen LogP contribution in [0.15, 0.2) is 18.2 Å². The number of halogens is 1. The van der Waals surface area contributed by atoms with E-state index in [4.69, 9.17) is 4.98 Å². The van der Waals surface area contributed by atoms with Gasteiger partial charge < -0.3 is 9.88 Å². The average Bonchev–Trinajstić information content (AvgIpc) is 3.27. The Labute approximate surface area is 124 Å². The number of nitrogens with one attached hydrogen (secondary N) is 1. The van der Waals surface area contributed by atoms with E-state index in [1.165, 1.54) is 32.1 Å². The molecule has 1 aromatic heterocycles. The molecule has 0 atom stereocenters. The third-order valence-corrected chi connectivity index (χ3v) is 4.87. The summed E-state index contributed by atoms with van der Waals surface area (Å²) in [5.41, 5.74) is 1.93. The molecule has 1 aromatic carbocycles. The van der Waals surface area contributed by atoms with Crippen molar-refractivity contribution in [3.05, 3.63) is 29.8 Å². The lowest BCUT2D eigenvalue weighted by Crippen LogP contribution is -2.28. The zero-order chi connectivity index (χ0) is 14.2. The first-order valence-electron chi connectivity index (χ1n) is 8.18. The molecule has 0 spiro atoms. The lowest BCUT2D eigenvalue weighted by molar-refractivity contribution is 0.351. The Bertz CT molecular complexity index is 639.